The summed E-state index contributed by atoms with van der Waals surface area (Å²) in [5.74, 6) is 0.794. The van der Waals surface area contributed by atoms with Crippen molar-refractivity contribution in [1.29, 1.82) is 0 Å². The van der Waals surface area contributed by atoms with Gasteiger partial charge in [0.15, 0.2) is 5.96 Å². The van der Waals surface area contributed by atoms with Crippen LogP contribution < -0.4 is 10.6 Å². The van der Waals surface area contributed by atoms with Crippen molar-refractivity contribution in [2.75, 3.05) is 20.1 Å². The Morgan fingerprint density at radius 1 is 1.53 bits per heavy atom. The van der Waals surface area contributed by atoms with Gasteiger partial charge in [-0.15, -0.1) is 41.9 Å². The van der Waals surface area contributed by atoms with E-state index < -0.39 is 0 Å². The molecule has 0 bridgehead atoms. The SMILES string of the molecule is C=CCNC(=NC)NCCc1ccc(Cl)s1.I. The number of hydrogen-bond donors (Lipinski definition) is 2. The highest BCUT2D eigenvalue weighted by molar-refractivity contribution is 14.0. The number of thiophene rings is 1. The second-order valence-corrected chi connectivity index (χ2v) is 4.92. The van der Waals surface area contributed by atoms with Crippen LogP contribution in [-0.4, -0.2) is 26.1 Å². The van der Waals surface area contributed by atoms with Crippen molar-refractivity contribution in [3.05, 3.63) is 34.0 Å². The van der Waals surface area contributed by atoms with Crippen molar-refractivity contribution in [2.45, 2.75) is 6.42 Å². The summed E-state index contributed by atoms with van der Waals surface area (Å²) in [4.78, 5) is 5.36. The average Bonchev–Trinajstić information content (AvgIpc) is 2.69. The molecule has 2 N–H and O–H groups in total. The van der Waals surface area contributed by atoms with Gasteiger partial charge < -0.3 is 10.6 Å². The van der Waals surface area contributed by atoms with E-state index in [1.54, 1.807) is 24.5 Å². The lowest BCUT2D eigenvalue weighted by molar-refractivity contribution is 0.829. The highest BCUT2D eigenvalue weighted by Crippen LogP contribution is 2.21. The lowest BCUT2D eigenvalue weighted by Crippen LogP contribution is -2.38. The van der Waals surface area contributed by atoms with Gasteiger partial charge in [-0.05, 0) is 18.6 Å². The third-order valence-corrected chi connectivity index (χ3v) is 3.22. The smallest absolute Gasteiger partial charge is 0.191 e. The lowest BCUT2D eigenvalue weighted by Gasteiger charge is -2.09. The first kappa shape index (κ1) is 16.7. The molecule has 1 aromatic rings. The average molecular weight is 386 g/mol. The molecule has 0 atom stereocenters. The Balaban J connectivity index is 0.00000256. The van der Waals surface area contributed by atoms with Crippen LogP contribution in [0.4, 0.5) is 0 Å². The number of nitrogens with zero attached hydrogens (tertiary/aromatic N) is 1. The molecule has 0 aliphatic rings. The highest BCUT2D eigenvalue weighted by Gasteiger charge is 1.99. The molecule has 0 amide bonds. The van der Waals surface area contributed by atoms with Crippen LogP contribution in [0.15, 0.2) is 29.8 Å². The molecule has 17 heavy (non-hydrogen) atoms. The third-order valence-electron chi connectivity index (χ3n) is 1.93. The van der Waals surface area contributed by atoms with Crippen LogP contribution in [0.5, 0.6) is 0 Å². The maximum Gasteiger partial charge on any atom is 0.191 e. The van der Waals surface area contributed by atoms with E-state index in [0.717, 1.165) is 23.3 Å². The summed E-state index contributed by atoms with van der Waals surface area (Å²) in [5, 5.41) is 6.33. The summed E-state index contributed by atoms with van der Waals surface area (Å²) in [5.41, 5.74) is 0. The quantitative estimate of drug-likeness (QED) is 0.354. The van der Waals surface area contributed by atoms with Gasteiger partial charge in [0.05, 0.1) is 4.34 Å². The van der Waals surface area contributed by atoms with E-state index in [2.05, 4.69) is 28.3 Å². The lowest BCUT2D eigenvalue weighted by atomic mass is 10.3. The first-order valence-corrected chi connectivity index (χ1v) is 6.25. The molecule has 0 aliphatic heterocycles. The Morgan fingerprint density at radius 3 is 2.82 bits per heavy atom. The molecule has 0 radical (unpaired) electrons. The Hall–Kier alpha value is -0.270. The molecule has 1 aromatic heterocycles. The minimum absolute atomic E-state index is 0. The number of hydrogen-bond acceptors (Lipinski definition) is 2. The number of halogens is 2. The first-order chi connectivity index (χ1) is 7.76. The molecule has 0 aromatic carbocycles. The van der Waals surface area contributed by atoms with E-state index in [9.17, 15) is 0 Å². The van der Waals surface area contributed by atoms with Gasteiger partial charge >= 0.3 is 0 Å². The molecule has 0 saturated heterocycles. The molecule has 3 nitrogen and oxygen atoms in total. The van der Waals surface area contributed by atoms with E-state index in [1.807, 2.05) is 6.07 Å². The van der Waals surface area contributed by atoms with Crippen molar-refractivity contribution in [2.24, 2.45) is 4.99 Å². The molecule has 96 valence electrons. The maximum atomic E-state index is 5.85. The number of aliphatic imine (C=N–C) groups is 1. The summed E-state index contributed by atoms with van der Waals surface area (Å²) in [7, 11) is 1.75. The van der Waals surface area contributed by atoms with E-state index >= 15 is 0 Å². The maximum absolute atomic E-state index is 5.85. The van der Waals surface area contributed by atoms with Crippen LogP contribution in [-0.2, 0) is 6.42 Å². The van der Waals surface area contributed by atoms with Crippen molar-refractivity contribution >= 4 is 52.9 Å². The molecule has 1 heterocycles. The van der Waals surface area contributed by atoms with Gasteiger partial charge in [0.1, 0.15) is 0 Å². The molecule has 0 aliphatic carbocycles. The predicted octanol–water partition coefficient (Wildman–Crippen LogP) is 2.91. The third kappa shape index (κ3) is 6.90. The van der Waals surface area contributed by atoms with Crippen molar-refractivity contribution in [3.63, 3.8) is 0 Å². The summed E-state index contributed by atoms with van der Waals surface area (Å²) >= 11 is 7.46. The first-order valence-electron chi connectivity index (χ1n) is 5.06. The van der Waals surface area contributed by atoms with Gasteiger partial charge in [-0.25, -0.2) is 0 Å². The highest BCUT2D eigenvalue weighted by atomic mass is 127. The molecule has 0 saturated carbocycles. The second-order valence-electron chi connectivity index (χ2n) is 3.12. The van der Waals surface area contributed by atoms with Crippen LogP contribution in [0.2, 0.25) is 4.34 Å². The topological polar surface area (TPSA) is 36.4 Å². The molecular weight excluding hydrogens is 369 g/mol. The molecule has 6 heteroatoms. The van der Waals surface area contributed by atoms with E-state index in [-0.39, 0.29) is 24.0 Å². The molecule has 0 unspecified atom stereocenters. The fourth-order valence-electron chi connectivity index (χ4n) is 1.18. The predicted molar refractivity (Wildman–Crippen MR) is 88.0 cm³/mol. The number of nitrogens with one attached hydrogen (secondary N) is 2. The van der Waals surface area contributed by atoms with Crippen LogP contribution in [0.1, 0.15) is 4.88 Å². The summed E-state index contributed by atoms with van der Waals surface area (Å²) in [6.07, 6.45) is 2.75. The summed E-state index contributed by atoms with van der Waals surface area (Å²) < 4.78 is 0.837. The summed E-state index contributed by atoms with van der Waals surface area (Å²) in [6.45, 7) is 5.19. The van der Waals surface area contributed by atoms with E-state index in [0.29, 0.717) is 6.54 Å². The minimum Gasteiger partial charge on any atom is -0.356 e. The zero-order valence-corrected chi connectivity index (χ0v) is 13.6. The zero-order valence-electron chi connectivity index (χ0n) is 9.70. The Bertz CT molecular complexity index is 365. The molecule has 0 fully saturated rings. The van der Waals surface area contributed by atoms with Gasteiger partial charge in [0.25, 0.3) is 0 Å². The van der Waals surface area contributed by atoms with Crippen molar-refractivity contribution < 1.29 is 0 Å². The van der Waals surface area contributed by atoms with Crippen LogP contribution in [0.25, 0.3) is 0 Å². The van der Waals surface area contributed by atoms with Gasteiger partial charge in [0, 0.05) is 25.0 Å². The standard InChI is InChI=1S/C11H16ClN3S.HI/c1-3-7-14-11(13-2)15-8-6-9-4-5-10(12)16-9;/h3-5H,1,6-8H2,2H3,(H2,13,14,15);1H. The van der Waals surface area contributed by atoms with Gasteiger partial charge in [-0.1, -0.05) is 17.7 Å². The van der Waals surface area contributed by atoms with Crippen LogP contribution >= 0.6 is 46.9 Å². The molecule has 0 spiro atoms. The van der Waals surface area contributed by atoms with E-state index in [4.69, 9.17) is 11.6 Å². The minimum atomic E-state index is 0. The number of rotatable bonds is 5. The van der Waals surface area contributed by atoms with Crippen molar-refractivity contribution in [1.82, 2.24) is 10.6 Å². The molecular formula is C11H17ClIN3S. The normalized spacial score (nSPS) is 10.6. The summed E-state index contributed by atoms with van der Waals surface area (Å²) in [6, 6.07) is 3.97. The van der Waals surface area contributed by atoms with Crippen LogP contribution in [0.3, 0.4) is 0 Å². The van der Waals surface area contributed by atoms with Gasteiger partial charge in [-0.3, -0.25) is 4.99 Å². The van der Waals surface area contributed by atoms with Gasteiger partial charge in [-0.2, -0.15) is 0 Å². The zero-order chi connectivity index (χ0) is 11.8. The van der Waals surface area contributed by atoms with Gasteiger partial charge in [0.2, 0.25) is 0 Å². The Kier molecular flexibility index (Phi) is 9.57. The fourth-order valence-corrected chi connectivity index (χ4v) is 2.27. The largest absolute Gasteiger partial charge is 0.356 e. The Morgan fingerprint density at radius 2 is 2.29 bits per heavy atom. The number of guanidine groups is 1. The van der Waals surface area contributed by atoms with Crippen molar-refractivity contribution in [3.8, 4) is 0 Å². The monoisotopic (exact) mass is 385 g/mol. The molecule has 1 rings (SSSR count). The second kappa shape index (κ2) is 9.73. The van der Waals surface area contributed by atoms with E-state index in [1.165, 1.54) is 4.88 Å². The Labute approximate surface area is 128 Å². The van der Waals surface area contributed by atoms with Crippen LogP contribution in [0, 0.1) is 0 Å². The fraction of sp³-hybridized carbons (Fsp3) is 0.364.